The van der Waals surface area contributed by atoms with Gasteiger partial charge < -0.3 is 9.47 Å². The average Bonchev–Trinajstić information content (AvgIpc) is 2.43. The van der Waals surface area contributed by atoms with E-state index in [4.69, 9.17) is 21.1 Å². The minimum atomic E-state index is -0.618. The zero-order chi connectivity index (χ0) is 14.0. The molecule has 0 N–H and O–H groups in total. The molecule has 0 aliphatic carbocycles. The fourth-order valence-electron chi connectivity index (χ4n) is 1.71. The number of ether oxygens (including phenoxy) is 2. The fourth-order valence-corrected chi connectivity index (χ4v) is 1.92. The van der Waals surface area contributed by atoms with Crippen molar-refractivity contribution < 1.29 is 13.9 Å². The van der Waals surface area contributed by atoms with Crippen LogP contribution in [0.3, 0.4) is 0 Å². The highest BCUT2D eigenvalue weighted by molar-refractivity contribution is 6.29. The first-order valence-electron chi connectivity index (χ1n) is 5.49. The molecule has 2 rings (SSSR count). The summed E-state index contributed by atoms with van der Waals surface area (Å²) in [6, 6.07) is 5.28. The van der Waals surface area contributed by atoms with Crippen LogP contribution in [0, 0.1) is 12.7 Å². The van der Waals surface area contributed by atoms with E-state index in [1.807, 2.05) is 0 Å². The second-order valence-electron chi connectivity index (χ2n) is 3.78. The number of hydrogen-bond donors (Lipinski definition) is 0. The summed E-state index contributed by atoms with van der Waals surface area (Å²) in [7, 11) is 3.05. The Bertz CT molecular complexity index is 597. The Hall–Kier alpha value is -1.88. The van der Waals surface area contributed by atoms with Crippen molar-refractivity contribution in [3.63, 3.8) is 0 Å². The van der Waals surface area contributed by atoms with Crippen molar-refractivity contribution in [1.29, 1.82) is 0 Å². The molecule has 0 saturated carbocycles. The van der Waals surface area contributed by atoms with Gasteiger partial charge in [-0.2, -0.15) is 0 Å². The molecular weight excluding hydrogens is 271 g/mol. The number of halogens is 2. The summed E-state index contributed by atoms with van der Waals surface area (Å²) in [6.07, 6.45) is 0. The molecule has 1 aromatic heterocycles. The third-order valence-corrected chi connectivity index (χ3v) is 2.87. The molecule has 0 unspecified atom stereocenters. The van der Waals surface area contributed by atoms with E-state index < -0.39 is 5.82 Å². The van der Waals surface area contributed by atoms with Crippen molar-refractivity contribution in [1.82, 2.24) is 9.97 Å². The van der Waals surface area contributed by atoms with Crippen LogP contribution in [0.25, 0.3) is 11.4 Å². The molecule has 1 aromatic carbocycles. The Labute approximate surface area is 115 Å². The molecule has 0 fully saturated rings. The summed E-state index contributed by atoms with van der Waals surface area (Å²) in [5.74, 6) is 0.695. The van der Waals surface area contributed by atoms with Gasteiger partial charge in [-0.1, -0.05) is 17.7 Å². The number of rotatable bonds is 3. The molecule has 19 heavy (non-hydrogen) atoms. The standard InChI is InChI=1S/C13H12ClFN2O2/c1-7-10(15)12(14)17-13(16-7)8-5-4-6-9(18-2)11(8)19-3/h4-6H,1-3H3. The number of benzene rings is 1. The molecular formula is C13H12ClFN2O2. The van der Waals surface area contributed by atoms with E-state index in [1.165, 1.54) is 21.1 Å². The number of aryl methyl sites for hydroxylation is 1. The molecule has 1 heterocycles. The number of para-hydroxylation sites is 1. The Morgan fingerprint density at radius 3 is 2.47 bits per heavy atom. The summed E-state index contributed by atoms with van der Waals surface area (Å²) in [5, 5.41) is -0.215. The lowest BCUT2D eigenvalue weighted by Crippen LogP contribution is -2.00. The molecule has 0 aliphatic rings. The molecule has 0 bridgehead atoms. The largest absolute Gasteiger partial charge is 0.493 e. The normalized spacial score (nSPS) is 10.4. The summed E-state index contributed by atoms with van der Waals surface area (Å²) in [6.45, 7) is 1.53. The highest BCUT2D eigenvalue weighted by atomic mass is 35.5. The summed E-state index contributed by atoms with van der Waals surface area (Å²) in [4.78, 5) is 8.01. The minimum Gasteiger partial charge on any atom is -0.493 e. The zero-order valence-corrected chi connectivity index (χ0v) is 11.5. The van der Waals surface area contributed by atoms with Gasteiger partial charge in [0.2, 0.25) is 0 Å². The van der Waals surface area contributed by atoms with Gasteiger partial charge in [-0.05, 0) is 19.1 Å². The minimum absolute atomic E-state index is 0.180. The van der Waals surface area contributed by atoms with Crippen molar-refractivity contribution in [3.8, 4) is 22.9 Å². The van der Waals surface area contributed by atoms with Gasteiger partial charge in [-0.15, -0.1) is 0 Å². The quantitative estimate of drug-likeness (QED) is 0.811. The van der Waals surface area contributed by atoms with E-state index >= 15 is 0 Å². The number of methoxy groups -OCH3 is 2. The van der Waals surface area contributed by atoms with Crippen molar-refractivity contribution in [2.45, 2.75) is 6.92 Å². The van der Waals surface area contributed by atoms with Gasteiger partial charge in [-0.25, -0.2) is 14.4 Å². The van der Waals surface area contributed by atoms with Gasteiger partial charge in [-0.3, -0.25) is 0 Å². The molecule has 0 radical (unpaired) electrons. The Balaban J connectivity index is 2.65. The van der Waals surface area contributed by atoms with Crippen LogP contribution in [-0.2, 0) is 0 Å². The molecule has 0 amide bonds. The van der Waals surface area contributed by atoms with Gasteiger partial charge in [0.25, 0.3) is 0 Å². The molecule has 0 saturated heterocycles. The van der Waals surface area contributed by atoms with Crippen LogP contribution in [0.4, 0.5) is 4.39 Å². The molecule has 0 aliphatic heterocycles. The smallest absolute Gasteiger partial charge is 0.181 e. The first-order valence-corrected chi connectivity index (χ1v) is 5.87. The third-order valence-electron chi connectivity index (χ3n) is 2.62. The molecule has 2 aromatic rings. The average molecular weight is 283 g/mol. The molecule has 0 spiro atoms. The van der Waals surface area contributed by atoms with E-state index in [-0.39, 0.29) is 10.8 Å². The summed E-state index contributed by atoms with van der Waals surface area (Å²) in [5.41, 5.74) is 0.770. The van der Waals surface area contributed by atoms with Gasteiger partial charge in [0.15, 0.2) is 28.3 Å². The van der Waals surface area contributed by atoms with Crippen molar-refractivity contribution >= 4 is 11.6 Å². The lowest BCUT2D eigenvalue weighted by atomic mass is 10.1. The second-order valence-corrected chi connectivity index (χ2v) is 4.14. The highest BCUT2D eigenvalue weighted by Gasteiger charge is 2.16. The topological polar surface area (TPSA) is 44.2 Å². The maximum Gasteiger partial charge on any atom is 0.181 e. The van der Waals surface area contributed by atoms with Crippen LogP contribution in [0.15, 0.2) is 18.2 Å². The fraction of sp³-hybridized carbons (Fsp3) is 0.231. The lowest BCUT2D eigenvalue weighted by Gasteiger charge is -2.12. The predicted octanol–water partition coefficient (Wildman–Crippen LogP) is 3.26. The lowest BCUT2D eigenvalue weighted by molar-refractivity contribution is 0.356. The van der Waals surface area contributed by atoms with Crippen molar-refractivity contribution in [3.05, 3.63) is 34.9 Å². The van der Waals surface area contributed by atoms with Gasteiger partial charge in [0, 0.05) is 0 Å². The molecule has 100 valence electrons. The first-order chi connectivity index (χ1) is 9.08. The Morgan fingerprint density at radius 1 is 1.16 bits per heavy atom. The number of hydrogen-bond acceptors (Lipinski definition) is 4. The highest BCUT2D eigenvalue weighted by Crippen LogP contribution is 2.36. The zero-order valence-electron chi connectivity index (χ0n) is 10.7. The first kappa shape index (κ1) is 13.5. The summed E-state index contributed by atoms with van der Waals surface area (Å²) >= 11 is 5.74. The van der Waals surface area contributed by atoms with E-state index in [0.717, 1.165) is 0 Å². The van der Waals surface area contributed by atoms with Gasteiger partial charge >= 0.3 is 0 Å². The SMILES string of the molecule is COc1cccc(-c2nc(C)c(F)c(Cl)n2)c1OC. The Morgan fingerprint density at radius 2 is 1.89 bits per heavy atom. The third kappa shape index (κ3) is 2.46. The van der Waals surface area contributed by atoms with Crippen LogP contribution < -0.4 is 9.47 Å². The van der Waals surface area contributed by atoms with E-state index in [9.17, 15) is 4.39 Å². The molecule has 4 nitrogen and oxygen atoms in total. The molecule has 0 atom stereocenters. The van der Waals surface area contributed by atoms with Gasteiger partial charge in [0.1, 0.15) is 0 Å². The summed E-state index contributed by atoms with van der Waals surface area (Å²) < 4.78 is 23.9. The van der Waals surface area contributed by atoms with E-state index in [0.29, 0.717) is 22.9 Å². The van der Waals surface area contributed by atoms with Gasteiger partial charge in [0.05, 0.1) is 25.5 Å². The molecule has 6 heteroatoms. The van der Waals surface area contributed by atoms with Crippen molar-refractivity contribution in [2.24, 2.45) is 0 Å². The number of nitrogens with zero attached hydrogens (tertiary/aromatic N) is 2. The second kappa shape index (κ2) is 5.40. The monoisotopic (exact) mass is 282 g/mol. The van der Waals surface area contributed by atoms with Crippen LogP contribution >= 0.6 is 11.6 Å². The van der Waals surface area contributed by atoms with Crippen LogP contribution in [0.2, 0.25) is 5.15 Å². The van der Waals surface area contributed by atoms with E-state index in [2.05, 4.69) is 9.97 Å². The maximum atomic E-state index is 13.4. The number of aromatic nitrogens is 2. The van der Waals surface area contributed by atoms with Crippen LogP contribution in [0.1, 0.15) is 5.69 Å². The van der Waals surface area contributed by atoms with Crippen molar-refractivity contribution in [2.75, 3.05) is 14.2 Å². The van der Waals surface area contributed by atoms with Crippen LogP contribution in [-0.4, -0.2) is 24.2 Å². The van der Waals surface area contributed by atoms with Crippen LogP contribution in [0.5, 0.6) is 11.5 Å². The predicted molar refractivity (Wildman–Crippen MR) is 70.3 cm³/mol. The Kier molecular flexibility index (Phi) is 3.85. The van der Waals surface area contributed by atoms with E-state index in [1.54, 1.807) is 18.2 Å². The maximum absolute atomic E-state index is 13.4.